The Morgan fingerprint density at radius 1 is 1.30 bits per heavy atom. The fourth-order valence-corrected chi connectivity index (χ4v) is 3.81. The summed E-state index contributed by atoms with van der Waals surface area (Å²) in [6.07, 6.45) is 3.41. The average molecular weight is 321 g/mol. The molecule has 1 aliphatic heterocycles. The summed E-state index contributed by atoms with van der Waals surface area (Å²) in [6.45, 7) is 5.33. The summed E-state index contributed by atoms with van der Waals surface area (Å²) in [5, 5.41) is 38.0. The maximum atomic E-state index is 13.3. The van der Waals surface area contributed by atoms with Crippen molar-refractivity contribution < 1.29 is 19.6 Å². The van der Waals surface area contributed by atoms with Gasteiger partial charge in [0.2, 0.25) is 0 Å². The highest BCUT2D eigenvalue weighted by atomic mass is 16.6. The minimum absolute atomic E-state index is 0.304. The van der Waals surface area contributed by atoms with Crippen LogP contribution in [0.15, 0.2) is 21.7 Å². The number of hydroxylamine groups is 3. The Balaban J connectivity index is 2.23. The van der Waals surface area contributed by atoms with Crippen molar-refractivity contribution in [3.63, 3.8) is 0 Å². The molecule has 1 aromatic heterocycles. The number of furan rings is 1. The van der Waals surface area contributed by atoms with E-state index >= 15 is 0 Å². The molecular weight excluding hydrogens is 298 g/mol. The van der Waals surface area contributed by atoms with Gasteiger partial charge in [-0.15, -0.1) is 5.06 Å². The molecule has 2 aliphatic rings. The Morgan fingerprint density at radius 2 is 2.04 bits per heavy atom. The normalized spacial score (nSPS) is 30.3. The molecular formula is C16H23N3O4. The van der Waals surface area contributed by atoms with Crippen molar-refractivity contribution in [2.75, 3.05) is 0 Å². The Bertz CT molecular complexity index is 677. The van der Waals surface area contributed by atoms with Crippen molar-refractivity contribution >= 4 is 11.4 Å². The van der Waals surface area contributed by atoms with Crippen molar-refractivity contribution in [2.24, 2.45) is 5.16 Å². The fraction of sp³-hybridized carbons (Fsp3) is 0.625. The van der Waals surface area contributed by atoms with E-state index in [-0.39, 0.29) is 0 Å². The second-order valence-corrected chi connectivity index (χ2v) is 6.85. The topological polar surface area (TPSA) is 95.3 Å². The monoisotopic (exact) mass is 321 g/mol. The van der Waals surface area contributed by atoms with Crippen LogP contribution in [-0.4, -0.2) is 42.8 Å². The van der Waals surface area contributed by atoms with Crippen LogP contribution >= 0.6 is 0 Å². The van der Waals surface area contributed by atoms with Crippen LogP contribution in [0.3, 0.4) is 0 Å². The van der Waals surface area contributed by atoms with Gasteiger partial charge in [0.25, 0.3) is 11.4 Å². The molecule has 0 unspecified atom stereocenters. The molecule has 126 valence electrons. The lowest BCUT2D eigenvalue weighted by molar-refractivity contribution is -0.567. The minimum atomic E-state index is -1.37. The predicted molar refractivity (Wildman–Crippen MR) is 83.9 cm³/mol. The summed E-state index contributed by atoms with van der Waals surface area (Å²) in [7, 11) is 0. The van der Waals surface area contributed by atoms with Crippen molar-refractivity contribution in [3.05, 3.63) is 28.9 Å². The standard InChI is InChI=1S/C16H23N3O4/c1-11-8-9-12(23-11)14-15(2,3)19(22)16(18(14)21)10-6-4-5-7-13(16)17-20/h8-9,20,22H,4-7,10H2,1-3H3/b17-13-/t16-/m0/s1. The first-order valence-corrected chi connectivity index (χ1v) is 7.98. The molecule has 1 spiro atoms. The summed E-state index contributed by atoms with van der Waals surface area (Å²) in [5.74, 6) is 1.12. The van der Waals surface area contributed by atoms with Crippen molar-refractivity contribution in [3.8, 4) is 0 Å². The molecule has 1 saturated carbocycles. The Labute approximate surface area is 135 Å². The average Bonchev–Trinajstić information content (AvgIpc) is 2.87. The maximum Gasteiger partial charge on any atom is 0.294 e. The zero-order valence-corrected chi connectivity index (χ0v) is 13.7. The van der Waals surface area contributed by atoms with Gasteiger partial charge in [0.15, 0.2) is 5.76 Å². The highest BCUT2D eigenvalue weighted by Crippen LogP contribution is 2.42. The largest absolute Gasteiger partial charge is 0.622 e. The number of rotatable bonds is 1. The lowest BCUT2D eigenvalue weighted by atomic mass is 9.94. The number of oxime groups is 1. The molecule has 2 N–H and O–H groups in total. The Morgan fingerprint density at radius 3 is 2.65 bits per heavy atom. The highest BCUT2D eigenvalue weighted by molar-refractivity contribution is 6.05. The van der Waals surface area contributed by atoms with Gasteiger partial charge in [0, 0.05) is 6.42 Å². The molecule has 3 rings (SSSR count). The highest BCUT2D eigenvalue weighted by Gasteiger charge is 2.65. The molecule has 2 heterocycles. The zero-order valence-electron chi connectivity index (χ0n) is 13.7. The van der Waals surface area contributed by atoms with Crippen LogP contribution in [0.2, 0.25) is 0 Å². The Hall–Kier alpha value is -1.86. The third-order valence-corrected chi connectivity index (χ3v) is 4.99. The van der Waals surface area contributed by atoms with Gasteiger partial charge in [-0.3, -0.25) is 0 Å². The lowest BCUT2D eigenvalue weighted by Gasteiger charge is -2.34. The zero-order chi connectivity index (χ0) is 16.8. The number of hydrogen-bond acceptors (Lipinski definition) is 6. The van der Waals surface area contributed by atoms with Gasteiger partial charge in [0.05, 0.1) is 0 Å². The molecule has 1 atom stereocenters. The number of hydrogen-bond donors (Lipinski definition) is 2. The second-order valence-electron chi connectivity index (χ2n) is 6.85. The van der Waals surface area contributed by atoms with Gasteiger partial charge >= 0.3 is 0 Å². The molecule has 0 aromatic carbocycles. The first kappa shape index (κ1) is 16.0. The van der Waals surface area contributed by atoms with E-state index in [1.165, 1.54) is 0 Å². The van der Waals surface area contributed by atoms with Gasteiger partial charge in [-0.05, 0) is 52.2 Å². The third-order valence-electron chi connectivity index (χ3n) is 4.99. The van der Waals surface area contributed by atoms with Gasteiger partial charge in [-0.2, -0.15) is 4.74 Å². The molecule has 0 saturated heterocycles. The third kappa shape index (κ3) is 2.10. The van der Waals surface area contributed by atoms with Crippen LogP contribution in [0.5, 0.6) is 0 Å². The first-order valence-electron chi connectivity index (χ1n) is 7.98. The van der Waals surface area contributed by atoms with Crippen LogP contribution in [0.25, 0.3) is 0 Å². The van der Waals surface area contributed by atoms with Crippen molar-refractivity contribution in [1.82, 2.24) is 5.06 Å². The summed E-state index contributed by atoms with van der Waals surface area (Å²) in [6, 6.07) is 3.52. The smallest absolute Gasteiger partial charge is 0.294 e. The van der Waals surface area contributed by atoms with Gasteiger partial charge in [-0.25, -0.2) is 0 Å². The van der Waals surface area contributed by atoms with E-state index in [0.29, 0.717) is 35.8 Å². The van der Waals surface area contributed by atoms with Crippen LogP contribution < -0.4 is 0 Å². The molecule has 7 heteroatoms. The molecule has 7 nitrogen and oxygen atoms in total. The van der Waals surface area contributed by atoms with Gasteiger partial charge in [0.1, 0.15) is 17.0 Å². The maximum absolute atomic E-state index is 13.3. The second kappa shape index (κ2) is 5.35. The van der Waals surface area contributed by atoms with Crippen LogP contribution in [0.4, 0.5) is 0 Å². The first-order chi connectivity index (χ1) is 10.9. The van der Waals surface area contributed by atoms with E-state index in [2.05, 4.69) is 5.16 Å². The van der Waals surface area contributed by atoms with E-state index in [0.717, 1.165) is 29.1 Å². The van der Waals surface area contributed by atoms with Crippen LogP contribution in [0.1, 0.15) is 57.5 Å². The molecule has 0 radical (unpaired) electrons. The summed E-state index contributed by atoms with van der Waals surface area (Å²) >= 11 is 0. The molecule has 23 heavy (non-hydrogen) atoms. The fourth-order valence-electron chi connectivity index (χ4n) is 3.81. The van der Waals surface area contributed by atoms with E-state index in [9.17, 15) is 15.6 Å². The molecule has 1 fully saturated rings. The van der Waals surface area contributed by atoms with E-state index in [4.69, 9.17) is 4.42 Å². The van der Waals surface area contributed by atoms with E-state index < -0.39 is 11.2 Å². The van der Waals surface area contributed by atoms with E-state index in [1.54, 1.807) is 32.9 Å². The Kier molecular flexibility index (Phi) is 3.72. The van der Waals surface area contributed by atoms with Crippen LogP contribution in [0, 0.1) is 12.1 Å². The predicted octanol–water partition coefficient (Wildman–Crippen LogP) is 2.86. The van der Waals surface area contributed by atoms with Gasteiger partial charge in [-0.1, -0.05) is 11.6 Å². The lowest BCUT2D eigenvalue weighted by Crippen LogP contribution is -2.59. The quantitative estimate of drug-likeness (QED) is 0.359. The molecule has 1 aromatic rings. The van der Waals surface area contributed by atoms with Crippen molar-refractivity contribution in [1.29, 1.82) is 0 Å². The SMILES string of the molecule is Cc1ccc(C2=[N+]([O-])[C@@]3(CCCCC/C3=N/O)N(O)C2(C)C)o1. The van der Waals surface area contributed by atoms with Crippen molar-refractivity contribution in [2.45, 2.75) is 64.1 Å². The minimum Gasteiger partial charge on any atom is -0.622 e. The van der Waals surface area contributed by atoms with Crippen LogP contribution in [-0.2, 0) is 0 Å². The van der Waals surface area contributed by atoms with E-state index in [1.807, 2.05) is 0 Å². The number of nitrogens with zero attached hydrogens (tertiary/aromatic N) is 3. The van der Waals surface area contributed by atoms with Gasteiger partial charge < -0.3 is 20.0 Å². The number of aryl methyl sites for hydroxylation is 1. The summed E-state index contributed by atoms with van der Waals surface area (Å²) in [5.41, 5.74) is -1.69. The summed E-state index contributed by atoms with van der Waals surface area (Å²) in [4.78, 5) is 0. The molecule has 0 amide bonds. The summed E-state index contributed by atoms with van der Waals surface area (Å²) < 4.78 is 6.42. The molecule has 1 aliphatic carbocycles. The molecule has 0 bridgehead atoms.